The standard InChI is InChI=1S/C23H25NO3/c1-17-5-3-4-6-18(17)9-12-22(25)24-15-13-20(14-16-24)23(26)19-7-10-21(27-2)11-8-19/h3-12,20H,13-16H2,1-2H3/b12-9+. The summed E-state index contributed by atoms with van der Waals surface area (Å²) in [6, 6.07) is 15.2. The number of ketones is 1. The zero-order valence-electron chi connectivity index (χ0n) is 15.9. The summed E-state index contributed by atoms with van der Waals surface area (Å²) in [4.78, 5) is 26.9. The van der Waals surface area contributed by atoms with Crippen molar-refractivity contribution >= 4 is 17.8 Å². The molecule has 4 heteroatoms. The van der Waals surface area contributed by atoms with E-state index in [1.807, 2.05) is 66.4 Å². The lowest BCUT2D eigenvalue weighted by molar-refractivity contribution is -0.127. The lowest BCUT2D eigenvalue weighted by Gasteiger charge is -2.30. The molecule has 1 amide bonds. The van der Waals surface area contributed by atoms with Crippen molar-refractivity contribution in [3.8, 4) is 5.75 Å². The van der Waals surface area contributed by atoms with E-state index in [1.165, 1.54) is 0 Å². The Hall–Kier alpha value is -2.88. The highest BCUT2D eigenvalue weighted by Gasteiger charge is 2.27. The van der Waals surface area contributed by atoms with E-state index in [2.05, 4.69) is 0 Å². The fourth-order valence-electron chi connectivity index (χ4n) is 3.39. The molecule has 0 bridgehead atoms. The van der Waals surface area contributed by atoms with Crippen molar-refractivity contribution in [2.24, 2.45) is 5.92 Å². The fourth-order valence-corrected chi connectivity index (χ4v) is 3.39. The molecule has 0 saturated carbocycles. The Kier molecular flexibility index (Phi) is 6.07. The molecule has 1 heterocycles. The van der Waals surface area contributed by atoms with Gasteiger partial charge in [0.05, 0.1) is 7.11 Å². The molecule has 3 rings (SSSR count). The molecule has 4 nitrogen and oxygen atoms in total. The second kappa shape index (κ2) is 8.67. The smallest absolute Gasteiger partial charge is 0.246 e. The highest BCUT2D eigenvalue weighted by Crippen LogP contribution is 2.23. The Morgan fingerprint density at radius 2 is 1.70 bits per heavy atom. The van der Waals surface area contributed by atoms with Crippen molar-refractivity contribution < 1.29 is 14.3 Å². The van der Waals surface area contributed by atoms with Gasteiger partial charge in [-0.3, -0.25) is 9.59 Å². The first-order chi connectivity index (χ1) is 13.1. The summed E-state index contributed by atoms with van der Waals surface area (Å²) in [5.41, 5.74) is 2.90. The Balaban J connectivity index is 1.55. The van der Waals surface area contributed by atoms with Gasteiger partial charge in [0, 0.05) is 30.6 Å². The number of piperidine rings is 1. The number of aryl methyl sites for hydroxylation is 1. The van der Waals surface area contributed by atoms with Crippen molar-refractivity contribution in [1.82, 2.24) is 4.90 Å². The first-order valence-electron chi connectivity index (χ1n) is 9.29. The van der Waals surface area contributed by atoms with E-state index in [4.69, 9.17) is 4.74 Å². The van der Waals surface area contributed by atoms with Crippen molar-refractivity contribution in [3.63, 3.8) is 0 Å². The van der Waals surface area contributed by atoms with Crippen LogP contribution in [0.4, 0.5) is 0 Å². The van der Waals surface area contributed by atoms with Gasteiger partial charge in [0.25, 0.3) is 0 Å². The second-order valence-corrected chi connectivity index (χ2v) is 6.88. The van der Waals surface area contributed by atoms with Crippen LogP contribution in [0.25, 0.3) is 6.08 Å². The molecule has 0 N–H and O–H groups in total. The van der Waals surface area contributed by atoms with Gasteiger partial charge in [-0.15, -0.1) is 0 Å². The SMILES string of the molecule is COc1ccc(C(=O)C2CCN(C(=O)/C=C/c3ccccc3C)CC2)cc1. The fraction of sp³-hybridized carbons (Fsp3) is 0.304. The number of ether oxygens (including phenoxy) is 1. The summed E-state index contributed by atoms with van der Waals surface area (Å²) >= 11 is 0. The van der Waals surface area contributed by atoms with Gasteiger partial charge in [-0.1, -0.05) is 24.3 Å². The van der Waals surface area contributed by atoms with Crippen molar-refractivity contribution in [2.75, 3.05) is 20.2 Å². The van der Waals surface area contributed by atoms with Crippen molar-refractivity contribution in [2.45, 2.75) is 19.8 Å². The minimum Gasteiger partial charge on any atom is -0.497 e. The van der Waals surface area contributed by atoms with Gasteiger partial charge in [-0.2, -0.15) is 0 Å². The Labute approximate surface area is 160 Å². The molecule has 0 spiro atoms. The zero-order chi connectivity index (χ0) is 19.2. The number of carbonyl (C=O) groups excluding carboxylic acids is 2. The molecule has 2 aromatic carbocycles. The highest BCUT2D eigenvalue weighted by molar-refractivity contribution is 5.98. The van der Waals surface area contributed by atoms with E-state index in [0.717, 1.165) is 16.9 Å². The van der Waals surface area contributed by atoms with Gasteiger partial charge >= 0.3 is 0 Å². The third-order valence-electron chi connectivity index (χ3n) is 5.15. The normalized spacial score (nSPS) is 15.1. The number of Topliss-reactive ketones (excluding diaryl/α,β-unsaturated/α-hetero) is 1. The van der Waals surface area contributed by atoms with Crippen LogP contribution in [0.5, 0.6) is 5.75 Å². The van der Waals surface area contributed by atoms with Gasteiger partial charge in [0.15, 0.2) is 5.78 Å². The summed E-state index contributed by atoms with van der Waals surface area (Å²) < 4.78 is 5.14. The first-order valence-corrected chi connectivity index (χ1v) is 9.29. The van der Waals surface area contributed by atoms with Crippen LogP contribution < -0.4 is 4.74 Å². The lowest BCUT2D eigenvalue weighted by atomic mass is 9.89. The maximum Gasteiger partial charge on any atom is 0.246 e. The highest BCUT2D eigenvalue weighted by atomic mass is 16.5. The summed E-state index contributed by atoms with van der Waals surface area (Å²) in [5, 5.41) is 0. The average Bonchev–Trinajstić information content (AvgIpc) is 2.72. The third-order valence-corrected chi connectivity index (χ3v) is 5.15. The third kappa shape index (κ3) is 4.64. The molecule has 1 fully saturated rings. The minimum atomic E-state index is -0.0252. The Bertz CT molecular complexity index is 831. The molecular formula is C23H25NO3. The Morgan fingerprint density at radius 3 is 2.33 bits per heavy atom. The van der Waals surface area contributed by atoms with Gasteiger partial charge in [0.1, 0.15) is 5.75 Å². The van der Waals surface area contributed by atoms with E-state index in [9.17, 15) is 9.59 Å². The molecule has 0 atom stereocenters. The largest absolute Gasteiger partial charge is 0.497 e. The number of amides is 1. The lowest BCUT2D eigenvalue weighted by Crippen LogP contribution is -2.39. The van der Waals surface area contributed by atoms with Gasteiger partial charge in [-0.05, 0) is 61.2 Å². The molecule has 1 aliphatic heterocycles. The quantitative estimate of drug-likeness (QED) is 0.592. The van der Waals surface area contributed by atoms with Gasteiger partial charge < -0.3 is 9.64 Å². The van der Waals surface area contributed by atoms with Gasteiger partial charge in [-0.25, -0.2) is 0 Å². The number of hydrogen-bond donors (Lipinski definition) is 0. The molecule has 2 aromatic rings. The Morgan fingerprint density at radius 1 is 1.04 bits per heavy atom. The van der Waals surface area contributed by atoms with Crippen LogP contribution in [0.3, 0.4) is 0 Å². The average molecular weight is 363 g/mol. The van der Waals surface area contributed by atoms with Crippen molar-refractivity contribution in [3.05, 3.63) is 71.3 Å². The zero-order valence-corrected chi connectivity index (χ0v) is 15.9. The maximum absolute atomic E-state index is 12.7. The molecule has 0 aliphatic carbocycles. The maximum atomic E-state index is 12.7. The van der Waals surface area contributed by atoms with Crippen LogP contribution in [-0.2, 0) is 4.79 Å². The molecule has 0 unspecified atom stereocenters. The molecular weight excluding hydrogens is 338 g/mol. The first kappa shape index (κ1) is 18.9. The van der Waals surface area contributed by atoms with Crippen LogP contribution in [-0.4, -0.2) is 36.8 Å². The number of nitrogens with zero attached hydrogens (tertiary/aromatic N) is 1. The molecule has 1 saturated heterocycles. The summed E-state index contributed by atoms with van der Waals surface area (Å²) in [6.45, 7) is 3.26. The van der Waals surface area contributed by atoms with Crippen LogP contribution in [0.1, 0.15) is 34.3 Å². The van der Waals surface area contributed by atoms with Crippen LogP contribution in [0, 0.1) is 12.8 Å². The number of likely N-dealkylation sites (tertiary alicyclic amines) is 1. The summed E-state index contributed by atoms with van der Waals surface area (Å²) in [5.74, 6) is 0.879. The van der Waals surface area contributed by atoms with E-state index < -0.39 is 0 Å². The number of methoxy groups -OCH3 is 1. The molecule has 1 aliphatic rings. The predicted octanol–water partition coefficient (Wildman–Crippen LogP) is 4.14. The van der Waals surface area contributed by atoms with Gasteiger partial charge in [0.2, 0.25) is 5.91 Å². The van der Waals surface area contributed by atoms with Crippen molar-refractivity contribution in [1.29, 1.82) is 0 Å². The number of benzene rings is 2. The topological polar surface area (TPSA) is 46.6 Å². The monoisotopic (exact) mass is 363 g/mol. The number of carbonyl (C=O) groups is 2. The van der Waals surface area contributed by atoms with Crippen LogP contribution in [0.15, 0.2) is 54.6 Å². The molecule has 140 valence electrons. The van der Waals surface area contributed by atoms with E-state index >= 15 is 0 Å². The predicted molar refractivity (Wildman–Crippen MR) is 107 cm³/mol. The number of hydrogen-bond acceptors (Lipinski definition) is 3. The number of rotatable bonds is 5. The second-order valence-electron chi connectivity index (χ2n) is 6.88. The van der Waals surface area contributed by atoms with Crippen LogP contribution >= 0.6 is 0 Å². The van der Waals surface area contributed by atoms with E-state index in [-0.39, 0.29) is 17.6 Å². The minimum absolute atomic E-state index is 0.00796. The molecule has 27 heavy (non-hydrogen) atoms. The summed E-state index contributed by atoms with van der Waals surface area (Å²) in [6.07, 6.45) is 4.91. The van der Waals surface area contributed by atoms with Crippen LogP contribution in [0.2, 0.25) is 0 Å². The van der Waals surface area contributed by atoms with E-state index in [1.54, 1.807) is 13.2 Å². The summed E-state index contributed by atoms with van der Waals surface area (Å²) in [7, 11) is 1.61. The molecule has 0 aromatic heterocycles. The van der Waals surface area contributed by atoms with E-state index in [0.29, 0.717) is 31.5 Å². The molecule has 0 radical (unpaired) electrons.